The van der Waals surface area contributed by atoms with Gasteiger partial charge in [0, 0.05) is 17.5 Å². The van der Waals surface area contributed by atoms with Crippen molar-refractivity contribution >= 4 is 0 Å². The molecule has 0 spiro atoms. The number of aryl methyl sites for hydroxylation is 2. The van der Waals surface area contributed by atoms with Crippen molar-refractivity contribution < 1.29 is 0 Å². The summed E-state index contributed by atoms with van der Waals surface area (Å²) in [7, 11) is 0. The van der Waals surface area contributed by atoms with Crippen LogP contribution < -0.4 is 0 Å². The Bertz CT molecular complexity index is 412. The molecular weight excluding hydrogens is 170 g/mol. The molecule has 1 radical (unpaired) electrons. The first-order chi connectivity index (χ1) is 6.79. The summed E-state index contributed by atoms with van der Waals surface area (Å²) in [5.41, 5.74) is 4.75. The normalized spacial score (nSPS) is 10.1. The summed E-state index contributed by atoms with van der Waals surface area (Å²) in [5.74, 6) is 0. The topological polar surface area (TPSA) is 12.9 Å². The molecule has 0 saturated heterocycles. The molecule has 0 amide bonds. The SMILES string of the molecule is Cc1ccnc(C)c1-c1c[c]ccc1. The molecule has 0 aliphatic carbocycles. The summed E-state index contributed by atoms with van der Waals surface area (Å²) in [6.45, 7) is 4.15. The number of aromatic nitrogens is 1. The van der Waals surface area contributed by atoms with Gasteiger partial charge in [0.1, 0.15) is 0 Å². The van der Waals surface area contributed by atoms with E-state index in [1.807, 2.05) is 37.4 Å². The number of hydrogen-bond donors (Lipinski definition) is 0. The fourth-order valence-electron chi connectivity index (χ4n) is 1.68. The Labute approximate surface area is 84.4 Å². The molecule has 0 N–H and O–H groups in total. The third kappa shape index (κ3) is 1.53. The highest BCUT2D eigenvalue weighted by molar-refractivity contribution is 5.68. The van der Waals surface area contributed by atoms with Crippen LogP contribution in [-0.2, 0) is 0 Å². The summed E-state index contributed by atoms with van der Waals surface area (Å²) in [5, 5.41) is 0. The minimum atomic E-state index is 1.07. The zero-order chi connectivity index (χ0) is 9.97. The van der Waals surface area contributed by atoms with Crippen molar-refractivity contribution in [1.29, 1.82) is 0 Å². The highest BCUT2D eigenvalue weighted by Gasteiger charge is 2.04. The van der Waals surface area contributed by atoms with Gasteiger partial charge in [-0.15, -0.1) is 0 Å². The van der Waals surface area contributed by atoms with E-state index in [9.17, 15) is 0 Å². The van der Waals surface area contributed by atoms with Crippen LogP contribution in [0, 0.1) is 19.9 Å². The van der Waals surface area contributed by atoms with Gasteiger partial charge in [-0.25, -0.2) is 0 Å². The van der Waals surface area contributed by atoms with Crippen molar-refractivity contribution in [3.8, 4) is 11.1 Å². The van der Waals surface area contributed by atoms with E-state index in [-0.39, 0.29) is 0 Å². The Kier molecular flexibility index (Phi) is 2.32. The molecule has 0 unspecified atom stereocenters. The maximum Gasteiger partial charge on any atom is 0.0453 e. The average molecular weight is 182 g/mol. The van der Waals surface area contributed by atoms with Gasteiger partial charge in [-0.1, -0.05) is 18.2 Å². The molecule has 0 saturated carbocycles. The Morgan fingerprint density at radius 1 is 1.21 bits per heavy atom. The lowest BCUT2D eigenvalue weighted by Crippen LogP contribution is -1.90. The fraction of sp³-hybridized carbons (Fsp3) is 0.154. The molecule has 1 heterocycles. The average Bonchev–Trinajstić information content (AvgIpc) is 2.19. The van der Waals surface area contributed by atoms with Crippen molar-refractivity contribution in [2.45, 2.75) is 13.8 Å². The monoisotopic (exact) mass is 182 g/mol. The Hall–Kier alpha value is -1.63. The maximum atomic E-state index is 4.30. The molecule has 69 valence electrons. The van der Waals surface area contributed by atoms with Crippen molar-refractivity contribution in [2.75, 3.05) is 0 Å². The lowest BCUT2D eigenvalue weighted by atomic mass is 10.00. The largest absolute Gasteiger partial charge is 0.261 e. The Morgan fingerprint density at radius 3 is 2.71 bits per heavy atom. The van der Waals surface area contributed by atoms with Gasteiger partial charge in [0.25, 0.3) is 0 Å². The zero-order valence-corrected chi connectivity index (χ0v) is 8.41. The van der Waals surface area contributed by atoms with Crippen molar-refractivity contribution in [3.05, 3.63) is 53.9 Å². The number of rotatable bonds is 1. The number of benzene rings is 1. The van der Waals surface area contributed by atoms with Gasteiger partial charge in [-0.3, -0.25) is 4.98 Å². The van der Waals surface area contributed by atoms with Crippen LogP contribution >= 0.6 is 0 Å². The van der Waals surface area contributed by atoms with Gasteiger partial charge in [0.05, 0.1) is 0 Å². The second-order valence-corrected chi connectivity index (χ2v) is 3.38. The third-order valence-corrected chi connectivity index (χ3v) is 2.34. The van der Waals surface area contributed by atoms with Crippen LogP contribution in [0.5, 0.6) is 0 Å². The van der Waals surface area contributed by atoms with Crippen LogP contribution in [0.2, 0.25) is 0 Å². The van der Waals surface area contributed by atoms with E-state index < -0.39 is 0 Å². The molecule has 0 atom stereocenters. The van der Waals surface area contributed by atoms with E-state index >= 15 is 0 Å². The lowest BCUT2D eigenvalue weighted by molar-refractivity contribution is 1.18. The summed E-state index contributed by atoms with van der Waals surface area (Å²) in [6.07, 6.45) is 1.85. The minimum Gasteiger partial charge on any atom is -0.261 e. The van der Waals surface area contributed by atoms with E-state index in [0.717, 1.165) is 5.69 Å². The highest BCUT2D eigenvalue weighted by atomic mass is 14.7. The first-order valence-corrected chi connectivity index (χ1v) is 4.68. The zero-order valence-electron chi connectivity index (χ0n) is 8.41. The second-order valence-electron chi connectivity index (χ2n) is 3.38. The molecule has 1 aromatic heterocycles. The molecule has 1 aromatic carbocycles. The van der Waals surface area contributed by atoms with Crippen LogP contribution in [0.15, 0.2) is 36.5 Å². The summed E-state index contributed by atoms with van der Waals surface area (Å²) in [6, 6.07) is 13.1. The molecule has 2 rings (SSSR count). The molecule has 1 nitrogen and oxygen atoms in total. The number of nitrogens with zero attached hydrogens (tertiary/aromatic N) is 1. The van der Waals surface area contributed by atoms with Crippen LogP contribution in [0.1, 0.15) is 11.3 Å². The molecule has 0 bridgehead atoms. The van der Waals surface area contributed by atoms with Crippen molar-refractivity contribution in [2.24, 2.45) is 0 Å². The van der Waals surface area contributed by atoms with Crippen LogP contribution in [0.3, 0.4) is 0 Å². The van der Waals surface area contributed by atoms with Crippen molar-refractivity contribution in [1.82, 2.24) is 4.98 Å². The van der Waals surface area contributed by atoms with Gasteiger partial charge >= 0.3 is 0 Å². The van der Waals surface area contributed by atoms with E-state index in [1.165, 1.54) is 16.7 Å². The standard InChI is InChI=1S/C13H12N/c1-10-8-9-14-11(2)13(10)12-6-4-3-5-7-12/h3-4,6-9H,1-2H3. The van der Waals surface area contributed by atoms with E-state index in [4.69, 9.17) is 0 Å². The maximum absolute atomic E-state index is 4.30. The van der Waals surface area contributed by atoms with Gasteiger partial charge < -0.3 is 0 Å². The van der Waals surface area contributed by atoms with Crippen molar-refractivity contribution in [3.63, 3.8) is 0 Å². The highest BCUT2D eigenvalue weighted by Crippen LogP contribution is 2.24. The van der Waals surface area contributed by atoms with Gasteiger partial charge in [0.2, 0.25) is 0 Å². The quantitative estimate of drug-likeness (QED) is 0.660. The van der Waals surface area contributed by atoms with E-state index in [1.54, 1.807) is 0 Å². The smallest absolute Gasteiger partial charge is 0.0453 e. The first-order valence-electron chi connectivity index (χ1n) is 4.68. The first kappa shape index (κ1) is 8.95. The second kappa shape index (κ2) is 3.62. The van der Waals surface area contributed by atoms with Crippen LogP contribution in [0.25, 0.3) is 11.1 Å². The fourth-order valence-corrected chi connectivity index (χ4v) is 1.68. The van der Waals surface area contributed by atoms with Gasteiger partial charge in [0.15, 0.2) is 0 Å². The molecule has 0 fully saturated rings. The predicted octanol–water partition coefficient (Wildman–Crippen LogP) is 3.17. The third-order valence-electron chi connectivity index (χ3n) is 2.34. The van der Waals surface area contributed by atoms with Gasteiger partial charge in [-0.2, -0.15) is 0 Å². The van der Waals surface area contributed by atoms with Crippen LogP contribution in [-0.4, -0.2) is 4.98 Å². The predicted molar refractivity (Wildman–Crippen MR) is 58.0 cm³/mol. The summed E-state index contributed by atoms with van der Waals surface area (Å²) < 4.78 is 0. The molecule has 0 aliphatic heterocycles. The lowest BCUT2D eigenvalue weighted by Gasteiger charge is -2.07. The minimum absolute atomic E-state index is 1.07. The molecular formula is C13H12N. The number of pyridine rings is 1. The summed E-state index contributed by atoms with van der Waals surface area (Å²) in [4.78, 5) is 4.30. The molecule has 2 aromatic rings. The molecule has 0 aliphatic rings. The molecule has 14 heavy (non-hydrogen) atoms. The van der Waals surface area contributed by atoms with Gasteiger partial charge in [-0.05, 0) is 43.2 Å². The van der Waals surface area contributed by atoms with E-state index in [2.05, 4.69) is 24.0 Å². The molecule has 1 heteroatoms. The Morgan fingerprint density at radius 2 is 2.07 bits per heavy atom. The van der Waals surface area contributed by atoms with Crippen LogP contribution in [0.4, 0.5) is 0 Å². The Balaban J connectivity index is 2.63. The number of hydrogen-bond acceptors (Lipinski definition) is 1. The summed E-state index contributed by atoms with van der Waals surface area (Å²) >= 11 is 0. The van der Waals surface area contributed by atoms with E-state index in [0.29, 0.717) is 0 Å².